The maximum absolute atomic E-state index is 12.3. The van der Waals surface area contributed by atoms with Crippen LogP contribution in [0.2, 0.25) is 0 Å². The Morgan fingerprint density at radius 3 is 2.87 bits per heavy atom. The van der Waals surface area contributed by atoms with E-state index in [1.807, 2.05) is 31.2 Å². The smallest absolute Gasteiger partial charge is 0.270 e. The van der Waals surface area contributed by atoms with Crippen LogP contribution in [0.5, 0.6) is 0 Å². The Balaban J connectivity index is 1.66. The lowest BCUT2D eigenvalue weighted by Crippen LogP contribution is -2.36. The van der Waals surface area contributed by atoms with E-state index < -0.39 is 0 Å². The molecular formula is C17H20N4O2. The minimum atomic E-state index is -0.190. The lowest BCUT2D eigenvalue weighted by atomic mass is 10.2. The Bertz CT molecular complexity index is 684. The van der Waals surface area contributed by atoms with Crippen molar-refractivity contribution in [2.75, 3.05) is 31.2 Å². The van der Waals surface area contributed by atoms with Gasteiger partial charge in [-0.3, -0.25) is 14.8 Å². The Labute approximate surface area is 135 Å². The fraction of sp³-hybridized carbons (Fsp3) is 0.353. The molecule has 0 spiro atoms. The molecule has 1 aliphatic heterocycles. The summed E-state index contributed by atoms with van der Waals surface area (Å²) in [5, 5.41) is 2.88. The number of nitrogens with one attached hydrogen (secondary N) is 1. The number of pyridine rings is 2. The first-order valence-electron chi connectivity index (χ1n) is 7.71. The zero-order valence-electron chi connectivity index (χ0n) is 13.2. The van der Waals surface area contributed by atoms with Crippen molar-refractivity contribution < 1.29 is 9.53 Å². The van der Waals surface area contributed by atoms with Gasteiger partial charge in [0.25, 0.3) is 5.91 Å². The quantitative estimate of drug-likeness (QED) is 0.928. The highest BCUT2D eigenvalue weighted by Crippen LogP contribution is 2.16. The summed E-state index contributed by atoms with van der Waals surface area (Å²) >= 11 is 0. The summed E-state index contributed by atoms with van der Waals surface area (Å²) in [5.41, 5.74) is 3.35. The van der Waals surface area contributed by atoms with Crippen molar-refractivity contribution in [3.8, 4) is 0 Å². The Kier molecular flexibility index (Phi) is 4.83. The number of rotatable bonds is 4. The normalized spacial score (nSPS) is 14.6. The van der Waals surface area contributed by atoms with Crippen LogP contribution in [0.4, 0.5) is 5.69 Å². The highest BCUT2D eigenvalue weighted by molar-refractivity contribution is 5.93. The maximum Gasteiger partial charge on any atom is 0.270 e. The lowest BCUT2D eigenvalue weighted by molar-refractivity contribution is 0.0945. The van der Waals surface area contributed by atoms with Gasteiger partial charge in [0.15, 0.2) is 0 Å². The topological polar surface area (TPSA) is 67.4 Å². The molecule has 0 saturated carbocycles. The zero-order valence-corrected chi connectivity index (χ0v) is 13.2. The van der Waals surface area contributed by atoms with E-state index in [0.717, 1.165) is 30.0 Å². The molecule has 3 rings (SSSR count). The Morgan fingerprint density at radius 2 is 2.09 bits per heavy atom. The highest BCUT2D eigenvalue weighted by Gasteiger charge is 2.14. The van der Waals surface area contributed by atoms with E-state index in [9.17, 15) is 4.79 Å². The molecule has 2 aromatic heterocycles. The number of morpholine rings is 1. The summed E-state index contributed by atoms with van der Waals surface area (Å²) in [6.45, 7) is 5.46. The average molecular weight is 312 g/mol. The molecule has 1 saturated heterocycles. The predicted octanol–water partition coefficient (Wildman–Crippen LogP) is 1.55. The molecule has 1 N–H and O–H groups in total. The molecule has 1 amide bonds. The fourth-order valence-electron chi connectivity index (χ4n) is 2.52. The number of carbonyl (C=O) groups excluding carboxylic acids is 1. The van der Waals surface area contributed by atoms with Gasteiger partial charge in [-0.15, -0.1) is 0 Å². The predicted molar refractivity (Wildman–Crippen MR) is 87.4 cm³/mol. The van der Waals surface area contributed by atoms with Crippen LogP contribution < -0.4 is 10.2 Å². The van der Waals surface area contributed by atoms with Gasteiger partial charge in [-0.05, 0) is 30.7 Å². The van der Waals surface area contributed by atoms with Crippen LogP contribution in [0.1, 0.15) is 21.7 Å². The minimum absolute atomic E-state index is 0.190. The van der Waals surface area contributed by atoms with Crippen LogP contribution in [-0.2, 0) is 11.3 Å². The molecule has 0 radical (unpaired) electrons. The molecule has 2 aromatic rings. The van der Waals surface area contributed by atoms with Crippen LogP contribution in [0, 0.1) is 6.92 Å². The molecule has 0 bridgehead atoms. The minimum Gasteiger partial charge on any atom is -0.378 e. The standard InChI is InChI=1S/C17H20N4O2/c1-13-3-2-5-18-16(13)12-20-17(22)15-11-14(4-6-19-15)21-7-9-23-10-8-21/h2-6,11H,7-10,12H2,1H3,(H,20,22). The van der Waals surface area contributed by atoms with Gasteiger partial charge in [0.05, 0.1) is 25.5 Å². The average Bonchev–Trinajstić information content (AvgIpc) is 2.62. The van der Waals surface area contributed by atoms with Gasteiger partial charge in [0, 0.05) is 31.2 Å². The summed E-state index contributed by atoms with van der Waals surface area (Å²) in [6, 6.07) is 7.61. The second-order valence-corrected chi connectivity index (χ2v) is 5.45. The molecule has 3 heterocycles. The molecule has 0 unspecified atom stereocenters. The van der Waals surface area contributed by atoms with Gasteiger partial charge in [-0.25, -0.2) is 0 Å². The van der Waals surface area contributed by atoms with Gasteiger partial charge in [0.1, 0.15) is 5.69 Å². The molecule has 1 aliphatic rings. The molecular weight excluding hydrogens is 292 g/mol. The fourth-order valence-corrected chi connectivity index (χ4v) is 2.52. The van der Waals surface area contributed by atoms with E-state index >= 15 is 0 Å². The summed E-state index contributed by atoms with van der Waals surface area (Å²) in [4.78, 5) is 23.0. The summed E-state index contributed by atoms with van der Waals surface area (Å²) < 4.78 is 5.35. The van der Waals surface area contributed by atoms with Gasteiger partial charge in [-0.2, -0.15) is 0 Å². The van der Waals surface area contributed by atoms with Crippen LogP contribution in [-0.4, -0.2) is 42.2 Å². The molecule has 6 nitrogen and oxygen atoms in total. The third-order valence-corrected chi connectivity index (χ3v) is 3.89. The van der Waals surface area contributed by atoms with Gasteiger partial charge >= 0.3 is 0 Å². The summed E-state index contributed by atoms with van der Waals surface area (Å²) in [6.07, 6.45) is 3.40. The van der Waals surface area contributed by atoms with Crippen LogP contribution in [0.3, 0.4) is 0 Å². The van der Waals surface area contributed by atoms with Gasteiger partial charge in [0.2, 0.25) is 0 Å². The second kappa shape index (κ2) is 7.19. The SMILES string of the molecule is Cc1cccnc1CNC(=O)c1cc(N2CCOCC2)ccn1. The van der Waals surface area contributed by atoms with Gasteiger partial charge < -0.3 is 15.0 Å². The highest BCUT2D eigenvalue weighted by atomic mass is 16.5. The first kappa shape index (κ1) is 15.4. The van der Waals surface area contributed by atoms with E-state index in [2.05, 4.69) is 20.2 Å². The first-order chi connectivity index (χ1) is 11.2. The molecule has 120 valence electrons. The Morgan fingerprint density at radius 1 is 1.26 bits per heavy atom. The van der Waals surface area contributed by atoms with Crippen molar-refractivity contribution in [2.24, 2.45) is 0 Å². The van der Waals surface area contributed by atoms with E-state index in [1.165, 1.54) is 0 Å². The van der Waals surface area contributed by atoms with Crippen molar-refractivity contribution in [3.63, 3.8) is 0 Å². The monoisotopic (exact) mass is 312 g/mol. The molecule has 0 aromatic carbocycles. The third kappa shape index (κ3) is 3.84. The van der Waals surface area contributed by atoms with Crippen molar-refractivity contribution >= 4 is 11.6 Å². The van der Waals surface area contributed by atoms with Crippen LogP contribution in [0.25, 0.3) is 0 Å². The van der Waals surface area contributed by atoms with E-state index in [4.69, 9.17) is 4.74 Å². The van der Waals surface area contributed by atoms with Crippen molar-refractivity contribution in [3.05, 3.63) is 53.6 Å². The van der Waals surface area contributed by atoms with E-state index in [0.29, 0.717) is 25.5 Å². The number of anilines is 1. The molecule has 0 aliphatic carbocycles. The Hall–Kier alpha value is -2.47. The lowest BCUT2D eigenvalue weighted by Gasteiger charge is -2.28. The van der Waals surface area contributed by atoms with E-state index in [-0.39, 0.29) is 5.91 Å². The number of nitrogens with zero attached hydrogens (tertiary/aromatic N) is 3. The van der Waals surface area contributed by atoms with Crippen LogP contribution >= 0.6 is 0 Å². The number of hydrogen-bond acceptors (Lipinski definition) is 5. The number of ether oxygens (including phenoxy) is 1. The molecule has 0 atom stereocenters. The molecule has 1 fully saturated rings. The summed E-state index contributed by atoms with van der Waals surface area (Å²) in [5.74, 6) is -0.190. The number of amides is 1. The van der Waals surface area contributed by atoms with Crippen molar-refractivity contribution in [1.29, 1.82) is 0 Å². The number of aromatic nitrogens is 2. The maximum atomic E-state index is 12.3. The number of aryl methyl sites for hydroxylation is 1. The second-order valence-electron chi connectivity index (χ2n) is 5.45. The van der Waals surface area contributed by atoms with Crippen molar-refractivity contribution in [2.45, 2.75) is 13.5 Å². The molecule has 6 heteroatoms. The van der Waals surface area contributed by atoms with Crippen molar-refractivity contribution in [1.82, 2.24) is 15.3 Å². The third-order valence-electron chi connectivity index (χ3n) is 3.89. The van der Waals surface area contributed by atoms with Crippen LogP contribution in [0.15, 0.2) is 36.7 Å². The largest absolute Gasteiger partial charge is 0.378 e. The first-order valence-corrected chi connectivity index (χ1v) is 7.71. The molecule has 23 heavy (non-hydrogen) atoms. The number of hydrogen-bond donors (Lipinski definition) is 1. The van der Waals surface area contributed by atoms with Gasteiger partial charge in [-0.1, -0.05) is 6.07 Å². The van der Waals surface area contributed by atoms with E-state index in [1.54, 1.807) is 12.4 Å². The zero-order chi connectivity index (χ0) is 16.1. The number of carbonyl (C=O) groups is 1. The summed E-state index contributed by atoms with van der Waals surface area (Å²) in [7, 11) is 0.